The van der Waals surface area contributed by atoms with Gasteiger partial charge in [-0.25, -0.2) is 0 Å². The maximum absolute atomic E-state index is 5.53. The summed E-state index contributed by atoms with van der Waals surface area (Å²) in [5.41, 5.74) is 0. The molecule has 0 aliphatic carbocycles. The van der Waals surface area contributed by atoms with Crippen LogP contribution < -0.4 is 5.32 Å². The van der Waals surface area contributed by atoms with Crippen LogP contribution in [-0.2, 0) is 28.4 Å². The summed E-state index contributed by atoms with van der Waals surface area (Å²) >= 11 is 0. The topological polar surface area (TPSA) is 67.4 Å². The Bertz CT molecular complexity index is 235. The molecule has 0 radical (unpaired) electrons. The zero-order valence-corrected chi connectivity index (χ0v) is 17.7. The van der Waals surface area contributed by atoms with Gasteiger partial charge in [-0.05, 0) is 13.5 Å². The maximum Gasteiger partial charge on any atom is 0.0701 e. The third kappa shape index (κ3) is 25.7. The Hall–Kier alpha value is -0.280. The van der Waals surface area contributed by atoms with E-state index in [-0.39, 0.29) is 0 Å². The number of rotatable bonds is 24. The molecule has 0 unspecified atom stereocenters. The van der Waals surface area contributed by atoms with Gasteiger partial charge < -0.3 is 33.7 Å². The van der Waals surface area contributed by atoms with Crippen LogP contribution in [0.1, 0.15) is 39.0 Å². The van der Waals surface area contributed by atoms with Gasteiger partial charge in [0.15, 0.2) is 0 Å². The maximum atomic E-state index is 5.53. The summed E-state index contributed by atoms with van der Waals surface area (Å²) in [4.78, 5) is 0. The highest BCUT2D eigenvalue weighted by molar-refractivity contribution is 4.42. The van der Waals surface area contributed by atoms with Crippen LogP contribution in [0.25, 0.3) is 0 Å². The molecule has 0 bridgehead atoms. The monoisotopic (exact) mass is 393 g/mol. The van der Waals surface area contributed by atoms with E-state index in [1.165, 1.54) is 25.7 Å². The first-order valence-corrected chi connectivity index (χ1v) is 10.5. The predicted octanol–water partition coefficient (Wildman–Crippen LogP) is 2.28. The number of ether oxygens (including phenoxy) is 6. The summed E-state index contributed by atoms with van der Waals surface area (Å²) in [6.45, 7) is 10.6. The number of unbranched alkanes of at least 4 members (excludes halogenated alkanes) is 4. The van der Waals surface area contributed by atoms with Crippen LogP contribution in [0, 0.1) is 0 Å². The Balaban J connectivity index is 2.95. The molecule has 0 atom stereocenters. The Labute approximate surface area is 166 Å². The van der Waals surface area contributed by atoms with Crippen molar-refractivity contribution in [2.24, 2.45) is 0 Å². The summed E-state index contributed by atoms with van der Waals surface area (Å²) in [5.74, 6) is 0. The van der Waals surface area contributed by atoms with E-state index in [4.69, 9.17) is 28.4 Å². The van der Waals surface area contributed by atoms with Gasteiger partial charge in [-0.3, -0.25) is 0 Å². The van der Waals surface area contributed by atoms with Crippen molar-refractivity contribution in [1.82, 2.24) is 5.32 Å². The molecule has 0 spiro atoms. The second-order valence-electron chi connectivity index (χ2n) is 6.19. The number of hydrogen-bond donors (Lipinski definition) is 1. The molecule has 7 heteroatoms. The average Bonchev–Trinajstić information content (AvgIpc) is 2.68. The SMILES string of the molecule is CCCCCCCOCCOCCOCCOCCOCCOCCNC. The molecule has 0 fully saturated rings. The van der Waals surface area contributed by atoms with Crippen LogP contribution in [0.5, 0.6) is 0 Å². The smallest absolute Gasteiger partial charge is 0.0701 e. The molecule has 0 heterocycles. The van der Waals surface area contributed by atoms with Crippen molar-refractivity contribution in [3.05, 3.63) is 0 Å². The van der Waals surface area contributed by atoms with Gasteiger partial charge in [-0.1, -0.05) is 32.6 Å². The molecule has 7 nitrogen and oxygen atoms in total. The van der Waals surface area contributed by atoms with E-state index in [2.05, 4.69) is 12.2 Å². The van der Waals surface area contributed by atoms with Crippen molar-refractivity contribution in [3.8, 4) is 0 Å². The molecule has 0 aromatic carbocycles. The van der Waals surface area contributed by atoms with E-state index < -0.39 is 0 Å². The van der Waals surface area contributed by atoms with E-state index in [0.717, 1.165) is 19.6 Å². The lowest BCUT2D eigenvalue weighted by atomic mass is 10.2. The van der Waals surface area contributed by atoms with Crippen molar-refractivity contribution in [2.45, 2.75) is 39.0 Å². The third-order valence-corrected chi connectivity index (χ3v) is 3.75. The van der Waals surface area contributed by atoms with Crippen LogP contribution in [-0.4, -0.2) is 92.9 Å². The first kappa shape index (κ1) is 26.7. The molecule has 0 aliphatic rings. The Morgan fingerprint density at radius 2 is 0.815 bits per heavy atom. The molecule has 0 aromatic heterocycles. The summed E-state index contributed by atoms with van der Waals surface area (Å²) in [5, 5.41) is 3.02. The first-order valence-electron chi connectivity index (χ1n) is 10.5. The fourth-order valence-corrected chi connectivity index (χ4v) is 2.18. The van der Waals surface area contributed by atoms with E-state index in [1.54, 1.807) is 0 Å². The van der Waals surface area contributed by atoms with E-state index in [9.17, 15) is 0 Å². The van der Waals surface area contributed by atoms with Gasteiger partial charge in [0, 0.05) is 13.2 Å². The number of nitrogens with one attached hydrogen (secondary N) is 1. The summed E-state index contributed by atoms with van der Waals surface area (Å²) in [6.07, 6.45) is 6.34. The predicted molar refractivity (Wildman–Crippen MR) is 108 cm³/mol. The molecule has 0 amide bonds. The Kier molecular flexibility index (Phi) is 25.5. The van der Waals surface area contributed by atoms with Crippen LogP contribution >= 0.6 is 0 Å². The Morgan fingerprint density at radius 3 is 1.22 bits per heavy atom. The lowest BCUT2D eigenvalue weighted by molar-refractivity contribution is -0.0166. The van der Waals surface area contributed by atoms with Crippen LogP contribution in [0.15, 0.2) is 0 Å². The zero-order valence-electron chi connectivity index (χ0n) is 17.7. The second kappa shape index (κ2) is 25.7. The van der Waals surface area contributed by atoms with Crippen LogP contribution in [0.3, 0.4) is 0 Å². The summed E-state index contributed by atoms with van der Waals surface area (Å²) in [6, 6.07) is 0. The largest absolute Gasteiger partial charge is 0.379 e. The van der Waals surface area contributed by atoms with Gasteiger partial charge >= 0.3 is 0 Å². The van der Waals surface area contributed by atoms with E-state index in [0.29, 0.717) is 72.7 Å². The molecular weight excluding hydrogens is 350 g/mol. The van der Waals surface area contributed by atoms with Gasteiger partial charge in [0.05, 0.1) is 72.7 Å². The molecule has 0 aromatic rings. The van der Waals surface area contributed by atoms with Crippen LogP contribution in [0.4, 0.5) is 0 Å². The molecule has 1 N–H and O–H groups in total. The lowest BCUT2D eigenvalue weighted by Crippen LogP contribution is -2.17. The van der Waals surface area contributed by atoms with Crippen molar-refractivity contribution < 1.29 is 28.4 Å². The average molecular weight is 394 g/mol. The zero-order chi connectivity index (χ0) is 19.7. The molecule has 0 aliphatic heterocycles. The van der Waals surface area contributed by atoms with E-state index in [1.807, 2.05) is 7.05 Å². The highest BCUT2D eigenvalue weighted by Crippen LogP contribution is 2.02. The van der Waals surface area contributed by atoms with E-state index >= 15 is 0 Å². The highest BCUT2D eigenvalue weighted by Gasteiger charge is 1.94. The van der Waals surface area contributed by atoms with Gasteiger partial charge in [0.25, 0.3) is 0 Å². The lowest BCUT2D eigenvalue weighted by Gasteiger charge is -2.08. The fourth-order valence-electron chi connectivity index (χ4n) is 2.18. The minimum absolute atomic E-state index is 0.573. The van der Waals surface area contributed by atoms with Crippen molar-refractivity contribution in [3.63, 3.8) is 0 Å². The van der Waals surface area contributed by atoms with Gasteiger partial charge in [0.2, 0.25) is 0 Å². The van der Waals surface area contributed by atoms with Gasteiger partial charge in [-0.15, -0.1) is 0 Å². The minimum atomic E-state index is 0.573. The second-order valence-corrected chi connectivity index (χ2v) is 6.19. The minimum Gasteiger partial charge on any atom is -0.379 e. The fraction of sp³-hybridized carbons (Fsp3) is 1.00. The summed E-state index contributed by atoms with van der Waals surface area (Å²) in [7, 11) is 1.90. The first-order chi connectivity index (χ1) is 13.4. The normalized spacial score (nSPS) is 11.3. The highest BCUT2D eigenvalue weighted by atomic mass is 16.6. The quantitative estimate of drug-likeness (QED) is 0.252. The number of likely N-dealkylation sites (N-methyl/N-ethyl adjacent to an activating group) is 1. The molecule has 0 rings (SSSR count). The van der Waals surface area contributed by atoms with Crippen LogP contribution in [0.2, 0.25) is 0 Å². The van der Waals surface area contributed by atoms with Crippen molar-refractivity contribution in [2.75, 3.05) is 92.9 Å². The standard InChI is InChI=1S/C20H43NO6/c1-3-4-5-6-7-9-22-11-13-24-15-17-26-19-20-27-18-16-25-14-12-23-10-8-21-2/h21H,3-20H2,1-2H3. The molecule has 27 heavy (non-hydrogen) atoms. The molecule has 164 valence electrons. The van der Waals surface area contributed by atoms with Crippen molar-refractivity contribution >= 4 is 0 Å². The third-order valence-electron chi connectivity index (χ3n) is 3.75. The molecule has 0 saturated carbocycles. The van der Waals surface area contributed by atoms with Gasteiger partial charge in [0.1, 0.15) is 0 Å². The van der Waals surface area contributed by atoms with Gasteiger partial charge in [-0.2, -0.15) is 0 Å². The number of hydrogen-bond acceptors (Lipinski definition) is 7. The Morgan fingerprint density at radius 1 is 0.444 bits per heavy atom. The molecular formula is C20H43NO6. The summed E-state index contributed by atoms with van der Waals surface area (Å²) < 4.78 is 32.6. The van der Waals surface area contributed by atoms with Crippen molar-refractivity contribution in [1.29, 1.82) is 0 Å². The molecule has 0 saturated heterocycles.